The number of halogens is 1. The number of benzene rings is 2. The molecule has 1 saturated carbocycles. The number of hydrogen-bond donors (Lipinski definition) is 0. The third kappa shape index (κ3) is 5.33. The quantitative estimate of drug-likeness (QED) is 0.481. The maximum absolute atomic E-state index is 5.98. The molecule has 0 amide bonds. The van der Waals surface area contributed by atoms with E-state index in [1.54, 1.807) is 7.11 Å². The van der Waals surface area contributed by atoms with Crippen LogP contribution < -0.4 is 0 Å². The summed E-state index contributed by atoms with van der Waals surface area (Å²) in [5.74, 6) is 1.68. The Kier molecular flexibility index (Phi) is 6.95. The van der Waals surface area contributed by atoms with E-state index < -0.39 is 0 Å². The van der Waals surface area contributed by atoms with Crippen LogP contribution in [0, 0.1) is 5.92 Å². The van der Waals surface area contributed by atoms with Crippen LogP contribution in [0.15, 0.2) is 48.5 Å². The second-order valence-corrected chi connectivity index (χ2v) is 7.77. The Hall–Kier alpha value is -1.31. The van der Waals surface area contributed by atoms with Gasteiger partial charge in [-0.05, 0) is 72.8 Å². The van der Waals surface area contributed by atoms with Gasteiger partial charge in [-0.3, -0.25) is 0 Å². The average molecular weight is 357 g/mol. The molecule has 2 aromatic carbocycles. The molecule has 0 spiro atoms. The third-order valence-corrected chi connectivity index (χ3v) is 5.87. The molecule has 0 saturated heterocycles. The minimum atomic E-state index is 0.745. The zero-order valence-corrected chi connectivity index (χ0v) is 16.0. The van der Waals surface area contributed by atoms with Gasteiger partial charge in [-0.15, -0.1) is 0 Å². The lowest BCUT2D eigenvalue weighted by Crippen LogP contribution is -2.13. The van der Waals surface area contributed by atoms with Crippen molar-refractivity contribution in [2.45, 2.75) is 50.9 Å². The number of methoxy groups -OCH3 is 1. The van der Waals surface area contributed by atoms with Gasteiger partial charge in [-0.2, -0.15) is 0 Å². The Morgan fingerprint density at radius 1 is 0.840 bits per heavy atom. The van der Waals surface area contributed by atoms with Crippen molar-refractivity contribution in [1.29, 1.82) is 0 Å². The first-order chi connectivity index (χ1) is 12.3. The summed E-state index contributed by atoms with van der Waals surface area (Å²) in [6.07, 6.45) is 9.37. The van der Waals surface area contributed by atoms with E-state index in [-0.39, 0.29) is 0 Å². The van der Waals surface area contributed by atoms with Gasteiger partial charge in [0.05, 0.1) is 0 Å². The predicted molar refractivity (Wildman–Crippen MR) is 107 cm³/mol. The molecule has 0 bridgehead atoms. The SMILES string of the molecule is COCCCCC1CCC(c2ccc(-c3ccc(Cl)cc3)cc2)CC1. The summed E-state index contributed by atoms with van der Waals surface area (Å²) in [6, 6.07) is 17.3. The van der Waals surface area contributed by atoms with Crippen molar-refractivity contribution in [3.63, 3.8) is 0 Å². The zero-order chi connectivity index (χ0) is 17.5. The van der Waals surface area contributed by atoms with E-state index in [2.05, 4.69) is 36.4 Å². The molecule has 3 rings (SSSR count). The zero-order valence-electron chi connectivity index (χ0n) is 15.2. The van der Waals surface area contributed by atoms with Gasteiger partial charge in [-0.1, -0.05) is 60.8 Å². The molecule has 2 aromatic rings. The summed E-state index contributed by atoms with van der Waals surface area (Å²) < 4.78 is 5.15. The fraction of sp³-hybridized carbons (Fsp3) is 0.478. The monoisotopic (exact) mass is 356 g/mol. The molecule has 25 heavy (non-hydrogen) atoms. The van der Waals surface area contributed by atoms with Crippen molar-refractivity contribution in [2.24, 2.45) is 5.92 Å². The third-order valence-electron chi connectivity index (χ3n) is 5.62. The summed E-state index contributed by atoms with van der Waals surface area (Å²) >= 11 is 5.98. The maximum atomic E-state index is 5.98. The van der Waals surface area contributed by atoms with E-state index in [1.165, 1.54) is 61.6 Å². The van der Waals surface area contributed by atoms with Crippen molar-refractivity contribution in [2.75, 3.05) is 13.7 Å². The molecular formula is C23H29ClO. The molecule has 0 radical (unpaired) electrons. The predicted octanol–water partition coefficient (Wildman–Crippen LogP) is 7.10. The van der Waals surface area contributed by atoms with Gasteiger partial charge in [0.25, 0.3) is 0 Å². The van der Waals surface area contributed by atoms with Crippen molar-refractivity contribution in [3.05, 3.63) is 59.1 Å². The highest BCUT2D eigenvalue weighted by Crippen LogP contribution is 2.38. The van der Waals surface area contributed by atoms with E-state index in [1.807, 2.05) is 12.1 Å². The lowest BCUT2D eigenvalue weighted by molar-refractivity contribution is 0.187. The van der Waals surface area contributed by atoms with Crippen molar-refractivity contribution < 1.29 is 4.74 Å². The maximum Gasteiger partial charge on any atom is 0.0462 e. The summed E-state index contributed by atoms with van der Waals surface area (Å²) in [7, 11) is 1.80. The van der Waals surface area contributed by atoms with Crippen LogP contribution in [0.25, 0.3) is 11.1 Å². The largest absolute Gasteiger partial charge is 0.385 e. The first-order valence-electron chi connectivity index (χ1n) is 9.61. The molecule has 1 nitrogen and oxygen atoms in total. The van der Waals surface area contributed by atoms with Gasteiger partial charge in [0.1, 0.15) is 0 Å². The Morgan fingerprint density at radius 2 is 1.44 bits per heavy atom. The van der Waals surface area contributed by atoms with E-state index in [0.717, 1.165) is 23.5 Å². The second kappa shape index (κ2) is 9.40. The van der Waals surface area contributed by atoms with Crippen molar-refractivity contribution >= 4 is 11.6 Å². The molecule has 0 unspecified atom stereocenters. The normalized spacial score (nSPS) is 20.6. The summed E-state index contributed by atoms with van der Waals surface area (Å²) in [5, 5.41) is 0.791. The van der Waals surface area contributed by atoms with Gasteiger partial charge in [0.15, 0.2) is 0 Å². The van der Waals surface area contributed by atoms with Crippen LogP contribution in [0.4, 0.5) is 0 Å². The van der Waals surface area contributed by atoms with Gasteiger partial charge >= 0.3 is 0 Å². The van der Waals surface area contributed by atoms with Crippen LogP contribution in [-0.4, -0.2) is 13.7 Å². The minimum Gasteiger partial charge on any atom is -0.385 e. The van der Waals surface area contributed by atoms with Crippen molar-refractivity contribution in [1.82, 2.24) is 0 Å². The molecule has 1 fully saturated rings. The fourth-order valence-electron chi connectivity index (χ4n) is 4.05. The summed E-state index contributed by atoms with van der Waals surface area (Å²) in [5.41, 5.74) is 4.01. The minimum absolute atomic E-state index is 0.745. The molecule has 0 atom stereocenters. The molecular weight excluding hydrogens is 328 g/mol. The van der Waals surface area contributed by atoms with Crippen LogP contribution >= 0.6 is 11.6 Å². The average Bonchev–Trinajstić information content (AvgIpc) is 2.67. The Morgan fingerprint density at radius 3 is 2.04 bits per heavy atom. The van der Waals surface area contributed by atoms with E-state index in [9.17, 15) is 0 Å². The summed E-state index contributed by atoms with van der Waals surface area (Å²) in [6.45, 7) is 0.912. The van der Waals surface area contributed by atoms with Crippen LogP contribution in [0.1, 0.15) is 56.4 Å². The molecule has 134 valence electrons. The lowest BCUT2D eigenvalue weighted by atomic mass is 9.77. The van der Waals surface area contributed by atoms with Crippen LogP contribution in [0.2, 0.25) is 5.02 Å². The highest BCUT2D eigenvalue weighted by molar-refractivity contribution is 6.30. The van der Waals surface area contributed by atoms with Gasteiger partial charge in [-0.25, -0.2) is 0 Å². The fourth-order valence-corrected chi connectivity index (χ4v) is 4.18. The smallest absolute Gasteiger partial charge is 0.0462 e. The van der Waals surface area contributed by atoms with Crippen LogP contribution in [0.5, 0.6) is 0 Å². The number of rotatable bonds is 7. The van der Waals surface area contributed by atoms with E-state index >= 15 is 0 Å². The molecule has 0 aromatic heterocycles. The Balaban J connectivity index is 1.51. The molecule has 2 heteroatoms. The number of hydrogen-bond acceptors (Lipinski definition) is 1. The summed E-state index contributed by atoms with van der Waals surface area (Å²) in [4.78, 5) is 0. The Labute approximate surface area is 157 Å². The first-order valence-corrected chi connectivity index (χ1v) is 9.99. The second-order valence-electron chi connectivity index (χ2n) is 7.34. The van der Waals surface area contributed by atoms with E-state index in [4.69, 9.17) is 16.3 Å². The van der Waals surface area contributed by atoms with Crippen molar-refractivity contribution in [3.8, 4) is 11.1 Å². The molecule has 1 aliphatic carbocycles. The van der Waals surface area contributed by atoms with Gasteiger partial charge < -0.3 is 4.74 Å². The Bertz CT molecular complexity index is 624. The van der Waals surface area contributed by atoms with E-state index in [0.29, 0.717) is 0 Å². The highest BCUT2D eigenvalue weighted by Gasteiger charge is 2.22. The topological polar surface area (TPSA) is 9.23 Å². The molecule has 0 heterocycles. The first kappa shape index (κ1) is 18.5. The molecule has 1 aliphatic rings. The molecule has 0 N–H and O–H groups in total. The number of unbranched alkanes of at least 4 members (excludes halogenated alkanes) is 1. The van der Waals surface area contributed by atoms with Gasteiger partial charge in [0, 0.05) is 18.7 Å². The standard InChI is InChI=1S/C23H29ClO/c1-25-17-3-2-4-18-5-7-19(8-6-18)20-9-11-21(12-10-20)22-13-15-23(24)16-14-22/h9-16,18-19H,2-8,17H2,1H3. The highest BCUT2D eigenvalue weighted by atomic mass is 35.5. The molecule has 0 aliphatic heterocycles. The van der Waals surface area contributed by atoms with Gasteiger partial charge in [0.2, 0.25) is 0 Å². The lowest BCUT2D eigenvalue weighted by Gasteiger charge is -2.29. The van der Waals surface area contributed by atoms with Crippen LogP contribution in [0.3, 0.4) is 0 Å². The number of ether oxygens (including phenoxy) is 1. The van der Waals surface area contributed by atoms with Crippen LogP contribution in [-0.2, 0) is 4.74 Å².